The molecule has 0 spiro atoms. The first-order valence-corrected chi connectivity index (χ1v) is 8.16. The monoisotopic (exact) mass is 301 g/mol. The fourth-order valence-corrected chi connectivity index (χ4v) is 3.22. The zero-order valence-corrected chi connectivity index (χ0v) is 12.2. The van der Waals surface area contributed by atoms with Gasteiger partial charge in [-0.3, -0.25) is 0 Å². The number of sulfonamides is 1. The van der Waals surface area contributed by atoms with Crippen molar-refractivity contribution in [3.63, 3.8) is 0 Å². The first-order valence-electron chi connectivity index (χ1n) is 6.62. The lowest BCUT2D eigenvalue weighted by Crippen LogP contribution is -2.46. The molecule has 2 rings (SSSR count). The summed E-state index contributed by atoms with van der Waals surface area (Å²) < 4.78 is 36.6. The van der Waals surface area contributed by atoms with Gasteiger partial charge < -0.3 is 10.6 Å². The van der Waals surface area contributed by atoms with Gasteiger partial charge in [-0.25, -0.2) is 17.9 Å². The quantitative estimate of drug-likeness (QED) is 0.873. The Kier molecular flexibility index (Phi) is 4.31. The lowest BCUT2D eigenvalue weighted by Gasteiger charge is -2.39. The Bertz CT molecular complexity index is 591. The number of benzene rings is 1. The minimum atomic E-state index is -3.88. The third-order valence-electron chi connectivity index (χ3n) is 3.81. The van der Waals surface area contributed by atoms with Crippen molar-refractivity contribution in [2.75, 3.05) is 18.0 Å². The summed E-state index contributed by atoms with van der Waals surface area (Å²) >= 11 is 0. The molecule has 0 radical (unpaired) electrons. The summed E-state index contributed by atoms with van der Waals surface area (Å²) in [5, 5.41) is 5.00. The Balaban J connectivity index is 2.33. The highest BCUT2D eigenvalue weighted by atomic mass is 32.2. The lowest BCUT2D eigenvalue weighted by molar-refractivity contribution is 0.364. The molecular formula is C13H20FN3O2S. The van der Waals surface area contributed by atoms with Gasteiger partial charge in [0.1, 0.15) is 5.82 Å². The molecule has 2 unspecified atom stereocenters. The van der Waals surface area contributed by atoms with Gasteiger partial charge in [0.2, 0.25) is 10.0 Å². The molecule has 4 N–H and O–H groups in total. The molecule has 1 fully saturated rings. The van der Waals surface area contributed by atoms with Crippen LogP contribution in [0.5, 0.6) is 0 Å². The molecule has 1 saturated heterocycles. The van der Waals surface area contributed by atoms with Gasteiger partial charge >= 0.3 is 0 Å². The van der Waals surface area contributed by atoms with E-state index in [4.69, 9.17) is 10.9 Å². The maximum Gasteiger partial charge on any atom is 0.238 e. The van der Waals surface area contributed by atoms with E-state index in [1.807, 2.05) is 4.90 Å². The smallest absolute Gasteiger partial charge is 0.238 e. The van der Waals surface area contributed by atoms with E-state index in [2.05, 4.69) is 6.92 Å². The first-order chi connectivity index (χ1) is 9.32. The maximum atomic E-state index is 14.2. The second-order valence-corrected chi connectivity index (χ2v) is 6.93. The van der Waals surface area contributed by atoms with E-state index in [-0.39, 0.29) is 10.9 Å². The van der Waals surface area contributed by atoms with Gasteiger partial charge in [0, 0.05) is 19.1 Å². The zero-order valence-electron chi connectivity index (χ0n) is 11.4. The lowest BCUT2D eigenvalue weighted by atomic mass is 9.92. The number of halogens is 1. The number of primary sulfonamides is 1. The molecule has 0 bridgehead atoms. The van der Waals surface area contributed by atoms with E-state index in [1.165, 1.54) is 12.1 Å². The summed E-state index contributed by atoms with van der Waals surface area (Å²) in [5.74, 6) is -0.0175. The molecule has 1 aromatic carbocycles. The first kappa shape index (κ1) is 15.2. The molecule has 7 heteroatoms. The Morgan fingerprint density at radius 2 is 2.15 bits per heavy atom. The molecule has 1 aliphatic rings. The van der Waals surface area contributed by atoms with Gasteiger partial charge in [0.05, 0.1) is 10.6 Å². The summed E-state index contributed by atoms with van der Waals surface area (Å²) in [6.07, 6.45) is 1.87. The fraction of sp³-hybridized carbons (Fsp3) is 0.538. The van der Waals surface area contributed by atoms with Crippen LogP contribution in [0.25, 0.3) is 0 Å². The second-order valence-electron chi connectivity index (χ2n) is 5.37. The number of nitrogens with zero attached hydrogens (tertiary/aromatic N) is 1. The highest BCUT2D eigenvalue weighted by molar-refractivity contribution is 7.89. The third-order valence-corrected chi connectivity index (χ3v) is 4.72. The molecular weight excluding hydrogens is 281 g/mol. The number of hydrogen-bond donors (Lipinski definition) is 2. The van der Waals surface area contributed by atoms with Crippen LogP contribution < -0.4 is 15.8 Å². The Hall–Kier alpha value is -1.18. The molecule has 5 nitrogen and oxygen atoms in total. The molecule has 1 aromatic rings. The van der Waals surface area contributed by atoms with E-state index >= 15 is 0 Å². The largest absolute Gasteiger partial charge is 0.365 e. The minimum absolute atomic E-state index is 0.0774. The zero-order chi connectivity index (χ0) is 14.9. The SMILES string of the molecule is CC1CCN(c2ccc(S(N)(=O)=O)cc2F)C(CN)C1. The van der Waals surface area contributed by atoms with E-state index in [9.17, 15) is 12.8 Å². The molecule has 112 valence electrons. The normalized spacial score (nSPS) is 23.9. The molecule has 1 heterocycles. The minimum Gasteiger partial charge on any atom is -0.365 e. The Labute approximate surface area is 118 Å². The predicted octanol–water partition coefficient (Wildman–Crippen LogP) is 1.04. The van der Waals surface area contributed by atoms with Crippen molar-refractivity contribution >= 4 is 15.7 Å². The van der Waals surface area contributed by atoms with Crippen LogP contribution >= 0.6 is 0 Å². The standard InChI is InChI=1S/C13H20FN3O2S/c1-9-4-5-17(10(6-9)8-15)13-3-2-11(7-12(13)14)20(16,18)19/h2-3,7,9-10H,4-6,8,15H2,1H3,(H2,16,18,19). The predicted molar refractivity (Wildman–Crippen MR) is 76.4 cm³/mol. The van der Waals surface area contributed by atoms with Gasteiger partial charge in [-0.2, -0.15) is 0 Å². The fourth-order valence-electron chi connectivity index (χ4n) is 2.69. The molecule has 0 saturated carbocycles. The van der Waals surface area contributed by atoms with Crippen molar-refractivity contribution in [2.45, 2.75) is 30.7 Å². The van der Waals surface area contributed by atoms with Crippen molar-refractivity contribution in [3.8, 4) is 0 Å². The molecule has 0 aliphatic carbocycles. The van der Waals surface area contributed by atoms with Gasteiger partial charge in [0.25, 0.3) is 0 Å². The van der Waals surface area contributed by atoms with Crippen LogP contribution in [-0.4, -0.2) is 27.5 Å². The Morgan fingerprint density at radius 3 is 2.70 bits per heavy atom. The third kappa shape index (κ3) is 3.11. The van der Waals surface area contributed by atoms with E-state index < -0.39 is 15.8 Å². The molecule has 0 aromatic heterocycles. The number of anilines is 1. The number of rotatable bonds is 3. The summed E-state index contributed by atoms with van der Waals surface area (Å²) in [7, 11) is -3.88. The molecule has 20 heavy (non-hydrogen) atoms. The van der Waals surface area contributed by atoms with Crippen molar-refractivity contribution in [1.82, 2.24) is 0 Å². The van der Waals surface area contributed by atoms with Crippen LogP contribution in [0.2, 0.25) is 0 Å². The van der Waals surface area contributed by atoms with E-state index in [1.54, 1.807) is 0 Å². The van der Waals surface area contributed by atoms with Gasteiger partial charge in [-0.15, -0.1) is 0 Å². The van der Waals surface area contributed by atoms with E-state index in [0.29, 0.717) is 24.7 Å². The van der Waals surface area contributed by atoms with Gasteiger partial charge in [0.15, 0.2) is 0 Å². The summed E-state index contributed by atoms with van der Waals surface area (Å²) in [4.78, 5) is 1.70. The van der Waals surface area contributed by atoms with Gasteiger partial charge in [-0.05, 0) is 37.0 Å². The van der Waals surface area contributed by atoms with Crippen LogP contribution in [0.3, 0.4) is 0 Å². The molecule has 0 amide bonds. The van der Waals surface area contributed by atoms with Crippen molar-refractivity contribution < 1.29 is 12.8 Å². The number of piperidine rings is 1. The average molecular weight is 301 g/mol. The highest BCUT2D eigenvalue weighted by Gasteiger charge is 2.27. The van der Waals surface area contributed by atoms with Crippen LogP contribution in [0, 0.1) is 11.7 Å². The molecule has 1 aliphatic heterocycles. The van der Waals surface area contributed by atoms with Crippen molar-refractivity contribution in [2.24, 2.45) is 16.8 Å². The van der Waals surface area contributed by atoms with Crippen molar-refractivity contribution in [3.05, 3.63) is 24.0 Å². The Morgan fingerprint density at radius 1 is 1.45 bits per heavy atom. The van der Waals surface area contributed by atoms with E-state index in [0.717, 1.165) is 18.9 Å². The second kappa shape index (κ2) is 5.67. The summed E-state index contributed by atoms with van der Waals surface area (Å²) in [6.45, 7) is 3.32. The average Bonchev–Trinajstić information content (AvgIpc) is 2.38. The number of hydrogen-bond acceptors (Lipinski definition) is 4. The summed E-state index contributed by atoms with van der Waals surface area (Å²) in [5.41, 5.74) is 6.15. The number of nitrogens with two attached hydrogens (primary N) is 2. The van der Waals surface area contributed by atoms with Crippen molar-refractivity contribution in [1.29, 1.82) is 0 Å². The topological polar surface area (TPSA) is 89.4 Å². The van der Waals surface area contributed by atoms with Crippen LogP contribution in [0.15, 0.2) is 23.1 Å². The maximum absolute atomic E-state index is 14.2. The van der Waals surface area contributed by atoms with Crippen LogP contribution in [-0.2, 0) is 10.0 Å². The van der Waals surface area contributed by atoms with Crippen LogP contribution in [0.4, 0.5) is 10.1 Å². The van der Waals surface area contributed by atoms with Gasteiger partial charge in [-0.1, -0.05) is 6.92 Å². The molecule has 2 atom stereocenters. The summed E-state index contributed by atoms with van der Waals surface area (Å²) in [6, 6.07) is 3.84. The highest BCUT2D eigenvalue weighted by Crippen LogP contribution is 2.30. The van der Waals surface area contributed by atoms with Crippen LogP contribution in [0.1, 0.15) is 19.8 Å².